The molecule has 6 nitrogen and oxygen atoms in total. The van der Waals surface area contributed by atoms with Crippen molar-refractivity contribution >= 4 is 17.5 Å². The smallest absolute Gasteiger partial charge is 0.387 e. The predicted octanol–water partition coefficient (Wildman–Crippen LogP) is 2.52. The predicted molar refractivity (Wildman–Crippen MR) is 65.3 cm³/mol. The van der Waals surface area contributed by atoms with Crippen LogP contribution >= 0.6 is 0 Å². The molecule has 0 saturated heterocycles. The van der Waals surface area contributed by atoms with Gasteiger partial charge >= 0.3 is 12.6 Å². The fraction of sp³-hybridized carbons (Fsp3) is 0.0833. The van der Waals surface area contributed by atoms with Crippen LogP contribution in [0.5, 0.6) is 5.75 Å². The maximum absolute atomic E-state index is 12.0. The first-order valence-electron chi connectivity index (χ1n) is 5.42. The molecule has 0 aliphatic carbocycles. The van der Waals surface area contributed by atoms with Crippen LogP contribution in [0.25, 0.3) is 0 Å². The average Bonchev–Trinajstić information content (AvgIpc) is 2.41. The molecule has 0 unspecified atom stereocenters. The van der Waals surface area contributed by atoms with Gasteiger partial charge in [0.25, 0.3) is 0 Å². The molecule has 1 heterocycles. The Labute approximate surface area is 112 Å². The van der Waals surface area contributed by atoms with Gasteiger partial charge in [-0.1, -0.05) is 0 Å². The lowest BCUT2D eigenvalue weighted by Gasteiger charge is -2.07. The van der Waals surface area contributed by atoms with E-state index in [1.54, 1.807) is 0 Å². The maximum Gasteiger partial charge on any atom is 0.387 e. The first-order valence-corrected chi connectivity index (χ1v) is 5.42. The second-order valence-corrected chi connectivity index (χ2v) is 3.62. The zero-order valence-electron chi connectivity index (χ0n) is 9.96. The van der Waals surface area contributed by atoms with E-state index in [-0.39, 0.29) is 17.3 Å². The van der Waals surface area contributed by atoms with Crippen LogP contribution in [0.4, 0.5) is 20.3 Å². The zero-order chi connectivity index (χ0) is 14.5. The molecule has 0 aliphatic heterocycles. The van der Waals surface area contributed by atoms with Gasteiger partial charge in [-0.15, -0.1) is 0 Å². The highest BCUT2D eigenvalue weighted by atomic mass is 19.3. The third-order valence-electron chi connectivity index (χ3n) is 2.21. The van der Waals surface area contributed by atoms with Gasteiger partial charge in [0, 0.05) is 5.69 Å². The molecule has 1 aromatic heterocycles. The number of aromatic carboxylic acids is 1. The van der Waals surface area contributed by atoms with E-state index in [0.717, 1.165) is 6.20 Å². The highest BCUT2D eigenvalue weighted by molar-refractivity contribution is 5.85. The lowest BCUT2D eigenvalue weighted by atomic mass is 10.3. The Bertz CT molecular complexity index is 605. The topological polar surface area (TPSA) is 84.3 Å². The third kappa shape index (κ3) is 3.61. The van der Waals surface area contributed by atoms with Crippen molar-refractivity contribution in [1.82, 2.24) is 9.97 Å². The first-order chi connectivity index (χ1) is 9.54. The Morgan fingerprint density at radius 1 is 1.25 bits per heavy atom. The number of anilines is 2. The maximum atomic E-state index is 12.0. The molecule has 0 bridgehead atoms. The van der Waals surface area contributed by atoms with Crippen molar-refractivity contribution in [2.24, 2.45) is 0 Å². The standard InChI is InChI=1S/C12H9F2N3O3/c13-12(14)20-8-3-1-7(2-4-8)16-10-6-15-5-9(17-10)11(18)19/h1-6,12H,(H,16,17)(H,18,19). The van der Waals surface area contributed by atoms with Gasteiger partial charge in [-0.3, -0.25) is 4.98 Å². The largest absolute Gasteiger partial charge is 0.476 e. The number of alkyl halides is 2. The second kappa shape index (κ2) is 5.91. The number of rotatable bonds is 5. The van der Waals surface area contributed by atoms with Gasteiger partial charge in [-0.2, -0.15) is 8.78 Å². The summed E-state index contributed by atoms with van der Waals surface area (Å²) in [5.74, 6) is -0.940. The number of ether oxygens (including phenoxy) is 1. The Hall–Kier alpha value is -2.77. The molecule has 0 fully saturated rings. The summed E-state index contributed by atoms with van der Waals surface area (Å²) in [7, 11) is 0. The van der Waals surface area contributed by atoms with Crippen LogP contribution < -0.4 is 10.1 Å². The first kappa shape index (κ1) is 13.7. The summed E-state index contributed by atoms with van der Waals surface area (Å²) < 4.78 is 28.2. The molecule has 0 amide bonds. The highest BCUT2D eigenvalue weighted by Crippen LogP contribution is 2.20. The summed E-state index contributed by atoms with van der Waals surface area (Å²) in [6.07, 6.45) is 2.46. The molecule has 0 aliphatic rings. The Kier molecular flexibility index (Phi) is 4.04. The minimum absolute atomic E-state index is 0.0240. The Morgan fingerprint density at radius 3 is 2.55 bits per heavy atom. The lowest BCUT2D eigenvalue weighted by Crippen LogP contribution is -2.04. The van der Waals surface area contributed by atoms with Crippen LogP contribution in [0.2, 0.25) is 0 Å². The number of aromatic nitrogens is 2. The Balaban J connectivity index is 2.10. The molecule has 0 spiro atoms. The molecule has 0 radical (unpaired) electrons. The number of carboxylic acid groups (broad SMARTS) is 1. The lowest BCUT2D eigenvalue weighted by molar-refractivity contribution is -0.0498. The summed E-state index contributed by atoms with van der Waals surface area (Å²) in [6, 6.07) is 5.69. The van der Waals surface area contributed by atoms with E-state index < -0.39 is 12.6 Å². The highest BCUT2D eigenvalue weighted by Gasteiger charge is 2.07. The number of halogens is 2. The SMILES string of the molecule is O=C(O)c1cncc(Nc2ccc(OC(F)F)cc2)n1. The van der Waals surface area contributed by atoms with E-state index in [0.29, 0.717) is 5.69 Å². The van der Waals surface area contributed by atoms with Crippen LogP contribution in [0.3, 0.4) is 0 Å². The average molecular weight is 281 g/mol. The monoisotopic (exact) mass is 281 g/mol. The fourth-order valence-corrected chi connectivity index (χ4v) is 1.40. The number of nitrogens with one attached hydrogen (secondary N) is 1. The molecule has 2 rings (SSSR count). The summed E-state index contributed by atoms with van der Waals surface area (Å²) in [6.45, 7) is -2.88. The van der Waals surface area contributed by atoms with Gasteiger partial charge in [-0.25, -0.2) is 9.78 Å². The van der Waals surface area contributed by atoms with Gasteiger partial charge in [0.2, 0.25) is 0 Å². The van der Waals surface area contributed by atoms with Crippen molar-refractivity contribution in [1.29, 1.82) is 0 Å². The number of carbonyl (C=O) groups is 1. The van der Waals surface area contributed by atoms with Gasteiger partial charge in [0.1, 0.15) is 11.6 Å². The normalized spacial score (nSPS) is 10.3. The van der Waals surface area contributed by atoms with Gasteiger partial charge < -0.3 is 15.2 Å². The summed E-state index contributed by atoms with van der Waals surface area (Å²) in [5, 5.41) is 11.6. The fourth-order valence-electron chi connectivity index (χ4n) is 1.40. The van der Waals surface area contributed by atoms with Crippen LogP contribution in [0, 0.1) is 0 Å². The second-order valence-electron chi connectivity index (χ2n) is 3.62. The molecule has 0 saturated carbocycles. The quantitative estimate of drug-likeness (QED) is 0.876. The van der Waals surface area contributed by atoms with Crippen LogP contribution in [-0.2, 0) is 0 Å². The molecule has 104 valence electrons. The van der Waals surface area contributed by atoms with E-state index in [2.05, 4.69) is 20.0 Å². The minimum atomic E-state index is -2.88. The van der Waals surface area contributed by atoms with Crippen molar-refractivity contribution in [3.63, 3.8) is 0 Å². The summed E-state index contributed by atoms with van der Waals surface area (Å²) in [5.41, 5.74) is 0.330. The van der Waals surface area contributed by atoms with Crippen LogP contribution in [0.15, 0.2) is 36.7 Å². The molecular weight excluding hydrogens is 272 g/mol. The minimum Gasteiger partial charge on any atom is -0.476 e. The van der Waals surface area contributed by atoms with Crippen molar-refractivity contribution in [2.45, 2.75) is 6.61 Å². The number of hydrogen-bond donors (Lipinski definition) is 2. The van der Waals surface area contributed by atoms with Gasteiger partial charge in [0.15, 0.2) is 5.69 Å². The summed E-state index contributed by atoms with van der Waals surface area (Å²) in [4.78, 5) is 18.3. The zero-order valence-corrected chi connectivity index (χ0v) is 9.96. The van der Waals surface area contributed by atoms with E-state index in [1.165, 1.54) is 30.5 Å². The molecule has 20 heavy (non-hydrogen) atoms. The van der Waals surface area contributed by atoms with Crippen molar-refractivity contribution in [3.8, 4) is 5.75 Å². The summed E-state index contributed by atoms with van der Waals surface area (Å²) >= 11 is 0. The molecular formula is C12H9F2N3O3. The Morgan fingerprint density at radius 2 is 1.95 bits per heavy atom. The molecule has 2 aromatic rings. The van der Waals surface area contributed by atoms with Crippen LogP contribution in [0.1, 0.15) is 10.5 Å². The van der Waals surface area contributed by atoms with E-state index in [9.17, 15) is 13.6 Å². The van der Waals surface area contributed by atoms with E-state index >= 15 is 0 Å². The van der Waals surface area contributed by atoms with E-state index in [4.69, 9.17) is 5.11 Å². The number of carboxylic acids is 1. The van der Waals surface area contributed by atoms with Gasteiger partial charge in [0.05, 0.1) is 12.4 Å². The van der Waals surface area contributed by atoms with Crippen LogP contribution in [-0.4, -0.2) is 27.7 Å². The third-order valence-corrected chi connectivity index (χ3v) is 2.21. The number of benzene rings is 1. The molecule has 8 heteroatoms. The van der Waals surface area contributed by atoms with Crippen molar-refractivity contribution in [3.05, 3.63) is 42.4 Å². The van der Waals surface area contributed by atoms with E-state index in [1.807, 2.05) is 0 Å². The molecule has 2 N–H and O–H groups in total. The molecule has 0 atom stereocenters. The van der Waals surface area contributed by atoms with Crippen molar-refractivity contribution in [2.75, 3.05) is 5.32 Å². The number of nitrogens with zero attached hydrogens (tertiary/aromatic N) is 2. The molecule has 1 aromatic carbocycles. The van der Waals surface area contributed by atoms with Gasteiger partial charge in [-0.05, 0) is 24.3 Å². The van der Waals surface area contributed by atoms with Crippen molar-refractivity contribution < 1.29 is 23.4 Å². The number of hydrogen-bond acceptors (Lipinski definition) is 5.